The SMILES string of the molecule is CC(c1ccco1)N(CC(O)CN1CCCC1=O)C1CC1. The van der Waals surface area contributed by atoms with Gasteiger partial charge in [0, 0.05) is 32.1 Å². The fourth-order valence-electron chi connectivity index (χ4n) is 3.17. The van der Waals surface area contributed by atoms with Crippen molar-refractivity contribution in [2.75, 3.05) is 19.6 Å². The summed E-state index contributed by atoms with van der Waals surface area (Å²) in [4.78, 5) is 15.7. The fourth-order valence-corrected chi connectivity index (χ4v) is 3.17. The Labute approximate surface area is 125 Å². The van der Waals surface area contributed by atoms with Crippen molar-refractivity contribution in [2.45, 2.75) is 50.8 Å². The average Bonchev–Trinajstić information content (AvgIpc) is 2.99. The molecule has 0 spiro atoms. The van der Waals surface area contributed by atoms with Crippen LogP contribution < -0.4 is 0 Å². The van der Waals surface area contributed by atoms with Gasteiger partial charge in [-0.05, 0) is 38.3 Å². The van der Waals surface area contributed by atoms with Gasteiger partial charge in [0.2, 0.25) is 5.91 Å². The first-order valence-corrected chi connectivity index (χ1v) is 7.90. The van der Waals surface area contributed by atoms with Crippen molar-refractivity contribution in [1.82, 2.24) is 9.80 Å². The molecule has 1 amide bonds. The predicted octanol–water partition coefficient (Wildman–Crippen LogP) is 1.79. The van der Waals surface area contributed by atoms with Gasteiger partial charge in [-0.3, -0.25) is 9.69 Å². The number of carbonyl (C=O) groups is 1. The minimum absolute atomic E-state index is 0.163. The van der Waals surface area contributed by atoms with Crippen LogP contribution in [0.15, 0.2) is 22.8 Å². The molecular weight excluding hydrogens is 268 g/mol. The van der Waals surface area contributed by atoms with Crippen LogP contribution in [0.5, 0.6) is 0 Å². The Morgan fingerprint density at radius 2 is 2.33 bits per heavy atom. The number of rotatable bonds is 7. The lowest BCUT2D eigenvalue weighted by Crippen LogP contribution is -2.42. The lowest BCUT2D eigenvalue weighted by molar-refractivity contribution is -0.129. The van der Waals surface area contributed by atoms with E-state index >= 15 is 0 Å². The number of amides is 1. The van der Waals surface area contributed by atoms with Crippen molar-refractivity contribution < 1.29 is 14.3 Å². The van der Waals surface area contributed by atoms with Crippen LogP contribution in [-0.2, 0) is 4.79 Å². The highest BCUT2D eigenvalue weighted by Crippen LogP contribution is 2.34. The van der Waals surface area contributed by atoms with Crippen molar-refractivity contribution in [3.8, 4) is 0 Å². The van der Waals surface area contributed by atoms with E-state index < -0.39 is 6.10 Å². The van der Waals surface area contributed by atoms with E-state index in [1.54, 1.807) is 11.2 Å². The Balaban J connectivity index is 1.58. The molecule has 5 heteroatoms. The molecule has 0 bridgehead atoms. The lowest BCUT2D eigenvalue weighted by atomic mass is 10.2. The van der Waals surface area contributed by atoms with Gasteiger partial charge < -0.3 is 14.4 Å². The molecule has 0 aromatic carbocycles. The molecule has 5 nitrogen and oxygen atoms in total. The second-order valence-electron chi connectivity index (χ2n) is 6.22. The molecule has 1 aliphatic carbocycles. The molecule has 0 radical (unpaired) electrons. The highest BCUT2D eigenvalue weighted by molar-refractivity contribution is 5.78. The smallest absolute Gasteiger partial charge is 0.222 e. The number of carbonyl (C=O) groups excluding carboxylic acids is 1. The first-order chi connectivity index (χ1) is 10.1. The summed E-state index contributed by atoms with van der Waals surface area (Å²) in [6.07, 6.45) is 5.10. The molecule has 3 rings (SSSR count). The number of hydrogen-bond donors (Lipinski definition) is 1. The average molecular weight is 292 g/mol. The largest absolute Gasteiger partial charge is 0.468 e. The topological polar surface area (TPSA) is 56.9 Å². The maximum Gasteiger partial charge on any atom is 0.222 e. The van der Waals surface area contributed by atoms with Crippen molar-refractivity contribution >= 4 is 5.91 Å². The zero-order chi connectivity index (χ0) is 14.8. The maximum atomic E-state index is 11.6. The number of aliphatic hydroxyl groups is 1. The molecule has 2 aliphatic rings. The van der Waals surface area contributed by atoms with Gasteiger partial charge in [-0.15, -0.1) is 0 Å². The van der Waals surface area contributed by atoms with Crippen LogP contribution in [0.3, 0.4) is 0 Å². The van der Waals surface area contributed by atoms with E-state index in [1.165, 1.54) is 12.8 Å². The summed E-state index contributed by atoms with van der Waals surface area (Å²) in [5, 5.41) is 10.4. The number of aliphatic hydroxyl groups excluding tert-OH is 1. The van der Waals surface area contributed by atoms with E-state index in [0.717, 1.165) is 18.7 Å². The van der Waals surface area contributed by atoms with Gasteiger partial charge in [-0.1, -0.05) is 0 Å². The molecule has 1 saturated carbocycles. The van der Waals surface area contributed by atoms with Crippen molar-refractivity contribution in [2.24, 2.45) is 0 Å². The molecule has 21 heavy (non-hydrogen) atoms. The number of likely N-dealkylation sites (tertiary alicyclic amines) is 1. The normalized spacial score (nSPS) is 22.0. The molecule has 1 N–H and O–H groups in total. The Kier molecular flexibility index (Phi) is 4.31. The van der Waals surface area contributed by atoms with Gasteiger partial charge >= 0.3 is 0 Å². The molecule has 1 saturated heterocycles. The highest BCUT2D eigenvalue weighted by atomic mass is 16.3. The van der Waals surface area contributed by atoms with Crippen LogP contribution in [0.2, 0.25) is 0 Å². The third kappa shape index (κ3) is 3.47. The zero-order valence-electron chi connectivity index (χ0n) is 12.6. The van der Waals surface area contributed by atoms with Crippen LogP contribution in [0.4, 0.5) is 0 Å². The zero-order valence-corrected chi connectivity index (χ0v) is 12.6. The summed E-state index contributed by atoms with van der Waals surface area (Å²) in [5.74, 6) is 1.11. The number of nitrogens with zero attached hydrogens (tertiary/aromatic N) is 2. The van der Waals surface area contributed by atoms with Crippen molar-refractivity contribution in [1.29, 1.82) is 0 Å². The first-order valence-electron chi connectivity index (χ1n) is 7.90. The third-order valence-corrected chi connectivity index (χ3v) is 4.49. The molecule has 1 aliphatic heterocycles. The van der Waals surface area contributed by atoms with Crippen molar-refractivity contribution in [3.05, 3.63) is 24.2 Å². The van der Waals surface area contributed by atoms with Gasteiger partial charge in [-0.2, -0.15) is 0 Å². The van der Waals surface area contributed by atoms with E-state index in [0.29, 0.717) is 25.6 Å². The predicted molar refractivity (Wildman–Crippen MR) is 78.7 cm³/mol. The van der Waals surface area contributed by atoms with E-state index in [9.17, 15) is 9.90 Å². The molecule has 2 unspecified atom stereocenters. The van der Waals surface area contributed by atoms with Gasteiger partial charge in [0.1, 0.15) is 5.76 Å². The monoisotopic (exact) mass is 292 g/mol. The Bertz CT molecular complexity index is 470. The Morgan fingerprint density at radius 1 is 1.52 bits per heavy atom. The first kappa shape index (κ1) is 14.6. The Hall–Kier alpha value is -1.33. The summed E-state index contributed by atoms with van der Waals surface area (Å²) < 4.78 is 5.50. The lowest BCUT2D eigenvalue weighted by Gasteiger charge is -2.31. The van der Waals surface area contributed by atoms with E-state index in [2.05, 4.69) is 11.8 Å². The summed E-state index contributed by atoms with van der Waals surface area (Å²) in [6, 6.07) is 4.58. The van der Waals surface area contributed by atoms with Crippen LogP contribution in [-0.4, -0.2) is 52.6 Å². The van der Waals surface area contributed by atoms with Crippen LogP contribution >= 0.6 is 0 Å². The van der Waals surface area contributed by atoms with Gasteiger partial charge in [0.25, 0.3) is 0 Å². The number of β-amino-alcohol motifs (C(OH)–C–C–N with tert-alkyl or cyclic N) is 1. The summed E-state index contributed by atoms with van der Waals surface area (Å²) >= 11 is 0. The fraction of sp³-hybridized carbons (Fsp3) is 0.688. The highest BCUT2D eigenvalue weighted by Gasteiger charge is 2.35. The van der Waals surface area contributed by atoms with E-state index in [-0.39, 0.29) is 11.9 Å². The van der Waals surface area contributed by atoms with E-state index in [4.69, 9.17) is 4.42 Å². The molecule has 1 aromatic rings. The molecule has 2 fully saturated rings. The second kappa shape index (κ2) is 6.20. The van der Waals surface area contributed by atoms with Crippen LogP contribution in [0, 0.1) is 0 Å². The van der Waals surface area contributed by atoms with Crippen LogP contribution in [0.1, 0.15) is 44.4 Å². The standard InChI is InChI=1S/C16H24N2O3/c1-12(15-4-3-9-21-15)18(13-6-7-13)11-14(19)10-17-8-2-5-16(17)20/h3-4,9,12-14,19H,2,5-8,10-11H2,1H3. The molecule has 2 heterocycles. The van der Waals surface area contributed by atoms with E-state index in [1.807, 2.05) is 12.1 Å². The number of furan rings is 1. The minimum atomic E-state index is -0.495. The summed E-state index contributed by atoms with van der Waals surface area (Å²) in [5.41, 5.74) is 0. The van der Waals surface area contributed by atoms with Crippen molar-refractivity contribution in [3.63, 3.8) is 0 Å². The third-order valence-electron chi connectivity index (χ3n) is 4.49. The molecule has 2 atom stereocenters. The molecule has 116 valence electrons. The number of hydrogen-bond acceptors (Lipinski definition) is 4. The van der Waals surface area contributed by atoms with Crippen LogP contribution in [0.25, 0.3) is 0 Å². The van der Waals surface area contributed by atoms with Gasteiger partial charge in [-0.25, -0.2) is 0 Å². The quantitative estimate of drug-likeness (QED) is 0.832. The van der Waals surface area contributed by atoms with Gasteiger partial charge in [0.15, 0.2) is 0 Å². The molecule has 1 aromatic heterocycles. The second-order valence-corrected chi connectivity index (χ2v) is 6.22. The molecular formula is C16H24N2O3. The Morgan fingerprint density at radius 3 is 2.90 bits per heavy atom. The minimum Gasteiger partial charge on any atom is -0.468 e. The summed E-state index contributed by atoms with van der Waals surface area (Å²) in [6.45, 7) is 3.95. The maximum absolute atomic E-state index is 11.6. The summed E-state index contributed by atoms with van der Waals surface area (Å²) in [7, 11) is 0. The van der Waals surface area contributed by atoms with Gasteiger partial charge in [0.05, 0.1) is 18.4 Å².